The number of aliphatic carboxylic acids is 1. The maximum Gasteiger partial charge on any atom is 0.325 e. The molecule has 2 rings (SSSR count). The van der Waals surface area contributed by atoms with E-state index in [1.807, 2.05) is 0 Å². The van der Waals surface area contributed by atoms with Crippen LogP contribution in [0.2, 0.25) is 0 Å². The largest absolute Gasteiger partial charge is 0.480 e. The number of aromatic nitrogens is 4. The number of nitrogens with one attached hydrogen (secondary N) is 5. The molecule has 162 valence electrons. The molecular formula is C17H24N8O5. The Balaban J connectivity index is 1.96. The lowest BCUT2D eigenvalue weighted by molar-refractivity contribution is -0.141. The van der Waals surface area contributed by atoms with Crippen molar-refractivity contribution in [2.75, 3.05) is 6.54 Å². The number of nitrogens with two attached hydrogens (primary N) is 1. The van der Waals surface area contributed by atoms with E-state index >= 15 is 0 Å². The van der Waals surface area contributed by atoms with E-state index in [0.29, 0.717) is 11.4 Å². The number of hydrogen-bond donors (Lipinski definition) is 7. The lowest BCUT2D eigenvalue weighted by Gasteiger charge is -2.20. The minimum absolute atomic E-state index is 0.0848. The van der Waals surface area contributed by atoms with Gasteiger partial charge >= 0.3 is 5.97 Å². The monoisotopic (exact) mass is 420 g/mol. The van der Waals surface area contributed by atoms with E-state index in [-0.39, 0.29) is 12.8 Å². The van der Waals surface area contributed by atoms with Crippen molar-refractivity contribution >= 4 is 23.7 Å². The first-order valence-electron chi connectivity index (χ1n) is 9.06. The molecule has 0 aliphatic rings. The minimum atomic E-state index is -1.20. The van der Waals surface area contributed by atoms with Crippen molar-refractivity contribution in [3.63, 3.8) is 0 Å². The quantitative estimate of drug-likeness (QED) is 0.205. The van der Waals surface area contributed by atoms with Crippen LogP contribution in [0.15, 0.2) is 25.0 Å². The molecule has 2 heterocycles. The topological polar surface area (TPSA) is 208 Å². The number of carbonyl (C=O) groups excluding carboxylic acids is 3. The number of aromatic amines is 2. The molecule has 13 heteroatoms. The van der Waals surface area contributed by atoms with E-state index in [2.05, 4.69) is 35.9 Å². The lowest BCUT2D eigenvalue weighted by Crippen LogP contribution is -2.54. The van der Waals surface area contributed by atoms with Gasteiger partial charge in [0.1, 0.15) is 12.1 Å². The van der Waals surface area contributed by atoms with Gasteiger partial charge in [-0.05, 0) is 6.92 Å². The Bertz CT molecular complexity index is 852. The van der Waals surface area contributed by atoms with Gasteiger partial charge in [-0.15, -0.1) is 0 Å². The van der Waals surface area contributed by atoms with Crippen LogP contribution in [0.25, 0.3) is 0 Å². The van der Waals surface area contributed by atoms with Crippen molar-refractivity contribution in [2.24, 2.45) is 5.73 Å². The third kappa shape index (κ3) is 7.01. The summed E-state index contributed by atoms with van der Waals surface area (Å²) in [6.45, 7) is 0.844. The second kappa shape index (κ2) is 10.7. The zero-order valence-electron chi connectivity index (χ0n) is 16.2. The minimum Gasteiger partial charge on any atom is -0.480 e. The summed E-state index contributed by atoms with van der Waals surface area (Å²) in [4.78, 5) is 61.0. The van der Waals surface area contributed by atoms with Crippen LogP contribution in [0.4, 0.5) is 0 Å². The molecule has 2 aromatic heterocycles. The molecule has 0 aliphatic heterocycles. The van der Waals surface area contributed by atoms with Crippen LogP contribution in [0, 0.1) is 0 Å². The van der Waals surface area contributed by atoms with Crippen LogP contribution in [0.5, 0.6) is 0 Å². The van der Waals surface area contributed by atoms with Crippen LogP contribution in [-0.4, -0.2) is 73.4 Å². The van der Waals surface area contributed by atoms with Crippen LogP contribution in [0.1, 0.15) is 18.3 Å². The molecular weight excluding hydrogens is 396 g/mol. The number of imidazole rings is 2. The lowest BCUT2D eigenvalue weighted by atomic mass is 10.1. The molecule has 13 nitrogen and oxygen atoms in total. The molecule has 0 aliphatic carbocycles. The fourth-order valence-electron chi connectivity index (χ4n) is 2.48. The highest BCUT2D eigenvalue weighted by Gasteiger charge is 2.25. The van der Waals surface area contributed by atoms with Gasteiger partial charge < -0.3 is 36.8 Å². The van der Waals surface area contributed by atoms with Crippen molar-refractivity contribution in [3.8, 4) is 0 Å². The summed E-state index contributed by atoms with van der Waals surface area (Å²) in [5, 5.41) is 16.0. The Labute approximate surface area is 171 Å². The van der Waals surface area contributed by atoms with Gasteiger partial charge in [0.15, 0.2) is 0 Å². The predicted octanol–water partition coefficient (Wildman–Crippen LogP) is -2.56. The number of carboxylic acid groups (broad SMARTS) is 1. The Hall–Kier alpha value is -3.74. The summed E-state index contributed by atoms with van der Waals surface area (Å²) in [5.74, 6) is -3.08. The molecule has 0 fully saturated rings. The van der Waals surface area contributed by atoms with Crippen molar-refractivity contribution in [1.29, 1.82) is 0 Å². The maximum atomic E-state index is 12.6. The number of amides is 3. The highest BCUT2D eigenvalue weighted by molar-refractivity contribution is 5.92. The molecule has 30 heavy (non-hydrogen) atoms. The van der Waals surface area contributed by atoms with Gasteiger partial charge in [0, 0.05) is 36.6 Å². The summed E-state index contributed by atoms with van der Waals surface area (Å²) in [7, 11) is 0. The molecule has 3 amide bonds. The van der Waals surface area contributed by atoms with E-state index < -0.39 is 48.4 Å². The molecule has 0 bridgehead atoms. The molecule has 0 spiro atoms. The van der Waals surface area contributed by atoms with E-state index in [0.717, 1.165) is 0 Å². The number of carboxylic acids is 1. The normalized spacial score (nSPS) is 13.7. The second-order valence-electron chi connectivity index (χ2n) is 6.57. The Morgan fingerprint density at radius 2 is 1.63 bits per heavy atom. The molecule has 3 unspecified atom stereocenters. The second-order valence-corrected chi connectivity index (χ2v) is 6.57. The van der Waals surface area contributed by atoms with Gasteiger partial charge in [-0.2, -0.15) is 0 Å². The molecule has 0 saturated heterocycles. The third-order valence-corrected chi connectivity index (χ3v) is 4.11. The summed E-state index contributed by atoms with van der Waals surface area (Å²) < 4.78 is 0. The van der Waals surface area contributed by atoms with Gasteiger partial charge in [-0.3, -0.25) is 19.2 Å². The number of nitrogens with zero attached hydrogens (tertiary/aromatic N) is 2. The number of hydrogen-bond acceptors (Lipinski definition) is 7. The van der Waals surface area contributed by atoms with E-state index in [1.165, 1.54) is 25.8 Å². The Morgan fingerprint density at radius 3 is 2.17 bits per heavy atom. The van der Waals surface area contributed by atoms with Gasteiger partial charge in [0.25, 0.3) is 0 Å². The number of carbonyl (C=O) groups is 4. The van der Waals surface area contributed by atoms with Crippen molar-refractivity contribution < 1.29 is 24.3 Å². The molecule has 3 atom stereocenters. The van der Waals surface area contributed by atoms with Crippen LogP contribution < -0.4 is 21.7 Å². The van der Waals surface area contributed by atoms with Crippen LogP contribution in [0.3, 0.4) is 0 Å². The summed E-state index contributed by atoms with van der Waals surface area (Å²) in [6, 6.07) is -3.06. The highest BCUT2D eigenvalue weighted by Crippen LogP contribution is 2.02. The van der Waals surface area contributed by atoms with Gasteiger partial charge in [0.05, 0.1) is 25.2 Å². The zero-order valence-corrected chi connectivity index (χ0v) is 16.2. The SMILES string of the molecule is CC(NC(=O)CNC(=O)C(Cc1cnc[nH]1)NC(=O)C(N)Cc1cnc[nH]1)C(=O)O. The maximum absolute atomic E-state index is 12.6. The first-order chi connectivity index (χ1) is 14.3. The van der Waals surface area contributed by atoms with Crippen LogP contribution >= 0.6 is 0 Å². The number of H-pyrrole nitrogens is 2. The summed E-state index contributed by atoms with van der Waals surface area (Å²) in [5.41, 5.74) is 7.15. The zero-order chi connectivity index (χ0) is 22.1. The third-order valence-electron chi connectivity index (χ3n) is 4.11. The van der Waals surface area contributed by atoms with E-state index in [4.69, 9.17) is 10.8 Å². The molecule has 0 radical (unpaired) electrons. The summed E-state index contributed by atoms with van der Waals surface area (Å²) in [6.07, 6.45) is 6.21. The summed E-state index contributed by atoms with van der Waals surface area (Å²) >= 11 is 0. The average molecular weight is 420 g/mol. The van der Waals surface area contributed by atoms with Crippen molar-refractivity contribution in [2.45, 2.75) is 37.9 Å². The average Bonchev–Trinajstić information content (AvgIpc) is 3.39. The standard InChI is InChI=1S/C17H24N8O5/c1-9(17(29)30)24-14(26)6-21-16(28)13(3-11-5-20-8-23-11)25-15(27)12(18)2-10-4-19-7-22-10/h4-5,7-9,12-13H,2-3,6,18H2,1H3,(H,19,22)(H,20,23)(H,21,28)(H,24,26)(H,25,27)(H,29,30). The Kier molecular flexibility index (Phi) is 8.05. The number of rotatable bonds is 11. The van der Waals surface area contributed by atoms with Gasteiger partial charge in [-0.25, -0.2) is 9.97 Å². The molecule has 8 N–H and O–H groups in total. The highest BCUT2D eigenvalue weighted by atomic mass is 16.4. The van der Waals surface area contributed by atoms with E-state index in [1.54, 1.807) is 6.20 Å². The van der Waals surface area contributed by atoms with E-state index in [9.17, 15) is 19.2 Å². The first-order valence-corrected chi connectivity index (χ1v) is 9.06. The predicted molar refractivity (Wildman–Crippen MR) is 103 cm³/mol. The van der Waals surface area contributed by atoms with Crippen LogP contribution in [-0.2, 0) is 32.0 Å². The van der Waals surface area contributed by atoms with Crippen molar-refractivity contribution in [1.82, 2.24) is 35.9 Å². The molecule has 2 aromatic rings. The molecule has 0 saturated carbocycles. The fourth-order valence-corrected chi connectivity index (χ4v) is 2.48. The van der Waals surface area contributed by atoms with Gasteiger partial charge in [0.2, 0.25) is 17.7 Å². The first kappa shape index (κ1) is 22.5. The molecule has 0 aromatic carbocycles. The van der Waals surface area contributed by atoms with Crippen molar-refractivity contribution in [3.05, 3.63) is 36.4 Å². The smallest absolute Gasteiger partial charge is 0.325 e. The van der Waals surface area contributed by atoms with Gasteiger partial charge in [-0.1, -0.05) is 0 Å². The fraction of sp³-hybridized carbons (Fsp3) is 0.412. The Morgan fingerprint density at radius 1 is 1.03 bits per heavy atom.